The minimum atomic E-state index is -3.46. The Balaban J connectivity index is -0.0000000988. The zero-order valence-corrected chi connectivity index (χ0v) is 53.9. The van der Waals surface area contributed by atoms with E-state index in [0.717, 1.165) is 18.3 Å². The summed E-state index contributed by atoms with van der Waals surface area (Å²) in [5, 5.41) is 41.4. The van der Waals surface area contributed by atoms with Gasteiger partial charge in [-0.05, 0) is 69.7 Å². The number of aliphatic hydroxyl groups is 1. The second-order valence-corrected chi connectivity index (χ2v) is 21.9. The zero-order chi connectivity index (χ0) is 62.8. The Bertz CT molecular complexity index is 1640. The van der Waals surface area contributed by atoms with Crippen LogP contribution in [0.5, 0.6) is 0 Å². The minimum Gasteiger partial charge on any atom is -0.480 e. The molecule has 38 heteroatoms. The molecule has 0 aliphatic heterocycles. The van der Waals surface area contributed by atoms with Crippen LogP contribution in [0.3, 0.4) is 0 Å². The average molecular weight is 1320 g/mol. The van der Waals surface area contributed by atoms with E-state index < -0.39 is 61.2 Å². The Labute approximate surface area is 493 Å². The maximum atomic E-state index is 10.8. The van der Waals surface area contributed by atoms with E-state index in [0.29, 0.717) is 24.5 Å². The Hall–Kier alpha value is -1.59. The molecular weight excluding hydrogens is 1230 g/mol. The van der Waals surface area contributed by atoms with Crippen LogP contribution >= 0.6 is 94.8 Å². The van der Waals surface area contributed by atoms with Crippen LogP contribution < -0.4 is 37.1 Å². The number of esters is 4. The molecule has 0 spiro atoms. The molecule has 28 nitrogen and oxygen atoms in total. The number of thioether (sulfide) groups is 3. The van der Waals surface area contributed by atoms with Crippen LogP contribution in [-0.4, -0.2) is 258 Å². The number of carboxylic acids is 3. The van der Waals surface area contributed by atoms with Gasteiger partial charge in [-0.15, -0.1) is 0 Å². The summed E-state index contributed by atoms with van der Waals surface area (Å²) in [7, 11) is 9.62. The van der Waals surface area contributed by atoms with Crippen LogP contribution in [0.2, 0.25) is 0 Å². The lowest BCUT2D eigenvalue weighted by Crippen LogP contribution is -2.35. The van der Waals surface area contributed by atoms with Crippen LogP contribution in [0.25, 0.3) is 0 Å². The van der Waals surface area contributed by atoms with E-state index in [1.165, 1.54) is 52.0 Å². The monoisotopic (exact) mass is 1320 g/mol. The normalized spacial score (nSPS) is 12.7. The summed E-state index contributed by atoms with van der Waals surface area (Å²) in [6, 6.07) is -2.66. The van der Waals surface area contributed by atoms with Crippen molar-refractivity contribution in [3.8, 4) is 0 Å². The molecule has 0 radical (unpaired) electrons. The third-order valence-corrected chi connectivity index (χ3v) is 11.0. The number of nitrogens with two attached hydrogens (primary N) is 2. The number of hydrogen-bond donors (Lipinski definition) is 13. The highest BCUT2D eigenvalue weighted by atomic mass is 35.7. The zero-order valence-electron chi connectivity index (χ0n) is 45.8. The van der Waals surface area contributed by atoms with E-state index in [4.69, 9.17) is 60.2 Å². The van der Waals surface area contributed by atoms with Crippen molar-refractivity contribution in [1.82, 2.24) is 25.6 Å². The second kappa shape index (κ2) is 66.9. The maximum Gasteiger partial charge on any atom is 0.321 e. The molecule has 0 saturated heterocycles. The molecule has 0 aliphatic carbocycles. The van der Waals surface area contributed by atoms with Crippen molar-refractivity contribution in [2.75, 3.05) is 137 Å². The van der Waals surface area contributed by atoms with E-state index in [1.54, 1.807) is 46.3 Å². The van der Waals surface area contributed by atoms with Crippen LogP contribution in [0.15, 0.2) is 0 Å². The second-order valence-electron chi connectivity index (χ2n) is 13.6. The fraction of sp³-hybridized carbons (Fsp3) is 0.821. The Morgan fingerprint density at radius 2 is 0.909 bits per heavy atom. The van der Waals surface area contributed by atoms with Crippen LogP contribution in [0, 0.1) is 0 Å². The molecule has 466 valence electrons. The number of methoxy groups -OCH3 is 5. The molecule has 0 saturated carbocycles. The highest BCUT2D eigenvalue weighted by molar-refractivity contribution is 8.13. The minimum absolute atomic E-state index is 0.000818. The fourth-order valence-corrected chi connectivity index (χ4v) is 5.98. The van der Waals surface area contributed by atoms with Crippen molar-refractivity contribution in [3.63, 3.8) is 0 Å². The largest absolute Gasteiger partial charge is 0.480 e. The molecule has 77 heavy (non-hydrogen) atoms. The summed E-state index contributed by atoms with van der Waals surface area (Å²) in [6.07, 6.45) is 10.1. The number of ether oxygens (including phenoxy) is 5. The standard InChI is InChI=1S/C7H15NO5S.C6H12ClNO3.C6H12ClNO2S.C6H13NO3.C5H11NO2S.C4H9NO2S.C3H7NO2S.CH3ClO2S.CH4S/c1-8-6(4-7(9)12-2)5-13-14(3,10)11;1-10-4-5(8-7)3-6(9)11-2;1-10-6(9)3-5(8-7)4-11-2;1-7-5(4-8)3-6(9)10-2;1-6-4(3-9-2)5(7)8;1-8-2-3(5)4(6)7;4-2(1-7)3(5)6;1-5(2,3)4;1-2/h6,8H,4-5H2,1-3H3;2*5,8H,3-4H2,1-2H3;5,7-8H,3-4H2,1-2H3;4,6H,3H2,1-2H3,(H,7,8);3H,2,5H2,1H3,(H,6,7);2,7H,1,4H2,(H,5,6);1H3;2H,1H3/t6-;3*5-;4-;3-;2-;;/m1111000../s1. The van der Waals surface area contributed by atoms with Crippen molar-refractivity contribution >= 4 is 156 Å². The molecular formula is C39H86Cl3N7O21S7. The number of halogens is 3. The van der Waals surface area contributed by atoms with E-state index in [9.17, 15) is 50.4 Å². The molecule has 0 bridgehead atoms. The number of likely N-dealkylation sites (N-methyl/N-ethyl adjacent to an activating group) is 3. The van der Waals surface area contributed by atoms with Crippen molar-refractivity contribution in [3.05, 3.63) is 0 Å². The van der Waals surface area contributed by atoms with Crippen molar-refractivity contribution in [2.45, 2.75) is 68.0 Å². The molecule has 0 rings (SSSR count). The lowest BCUT2D eigenvalue weighted by molar-refractivity contribution is -0.142. The number of rotatable bonds is 29. The SMILES string of the molecule is CN[C@@H](CO)CC(=O)OC.CN[C@@H](COS(C)(=O)=O)CC(=O)OC.CN[C@@H](CSC)C(=O)O.COC(=O)C[C@H](CSC)NCl.COC[C@@H](CC(=O)OC)NCl.CS.CS(=O)(=O)Cl.CSC[C@H](N)C(=O)O.N[C@@H](CS)C(=O)O. The predicted octanol–water partition coefficient (Wildman–Crippen LogP) is -0.582. The molecule has 0 heterocycles. The van der Waals surface area contributed by atoms with Crippen LogP contribution in [0.4, 0.5) is 0 Å². The number of thiol groups is 2. The van der Waals surface area contributed by atoms with E-state index in [2.05, 4.69) is 84.7 Å². The summed E-state index contributed by atoms with van der Waals surface area (Å²) in [5.41, 5.74) is 10.0. The van der Waals surface area contributed by atoms with Gasteiger partial charge in [0, 0.05) is 58.9 Å². The third-order valence-electron chi connectivity index (χ3n) is 7.28. The number of aliphatic hydroxyl groups excluding tert-OH is 1. The van der Waals surface area contributed by atoms with Gasteiger partial charge in [0.2, 0.25) is 9.05 Å². The smallest absolute Gasteiger partial charge is 0.321 e. The Kier molecular flexibility index (Phi) is 82.3. The van der Waals surface area contributed by atoms with Crippen LogP contribution in [0.1, 0.15) is 25.7 Å². The molecule has 0 aromatic carbocycles. The van der Waals surface area contributed by atoms with Crippen molar-refractivity contribution in [1.29, 1.82) is 0 Å². The number of nitrogens with one attached hydrogen (secondary N) is 5. The summed E-state index contributed by atoms with van der Waals surface area (Å²) >= 11 is 22.4. The first-order chi connectivity index (χ1) is 35.7. The summed E-state index contributed by atoms with van der Waals surface area (Å²) in [5.74, 6) is -1.90. The summed E-state index contributed by atoms with van der Waals surface area (Å²) in [6.45, 7) is 0.259. The molecule has 0 fully saturated rings. The highest BCUT2D eigenvalue weighted by Crippen LogP contribution is 2.03. The highest BCUT2D eigenvalue weighted by Gasteiger charge is 2.16. The Morgan fingerprint density at radius 3 is 1.10 bits per heavy atom. The molecule has 0 aromatic rings. The fourth-order valence-electron chi connectivity index (χ4n) is 3.28. The first-order valence-corrected chi connectivity index (χ1v) is 32.3. The first kappa shape index (κ1) is 94.7. The van der Waals surface area contributed by atoms with Gasteiger partial charge < -0.3 is 71.5 Å². The van der Waals surface area contributed by atoms with E-state index in [-0.39, 0.29) is 80.3 Å². The quantitative estimate of drug-likeness (QED) is 0.0111. The molecule has 7 atom stereocenters. The van der Waals surface area contributed by atoms with Crippen molar-refractivity contribution < 1.29 is 98.7 Å². The summed E-state index contributed by atoms with van der Waals surface area (Å²) < 4.78 is 67.1. The number of carboxylic acid groups (broad SMARTS) is 3. The lowest BCUT2D eigenvalue weighted by Gasteiger charge is -2.13. The maximum absolute atomic E-state index is 10.8. The van der Waals surface area contributed by atoms with Gasteiger partial charge in [-0.2, -0.15) is 69.0 Å². The molecule has 0 aromatic heterocycles. The van der Waals surface area contributed by atoms with Gasteiger partial charge in [-0.3, -0.25) is 37.7 Å². The van der Waals surface area contributed by atoms with Gasteiger partial charge in [0.05, 0.1) is 92.5 Å². The number of aliphatic carboxylic acids is 3. The van der Waals surface area contributed by atoms with Gasteiger partial charge in [-0.1, -0.05) is 0 Å². The third kappa shape index (κ3) is 88.5. The summed E-state index contributed by atoms with van der Waals surface area (Å²) in [4.78, 5) is 77.7. The lowest BCUT2D eigenvalue weighted by atomic mass is 10.2. The van der Waals surface area contributed by atoms with E-state index in [1.807, 2.05) is 18.8 Å². The number of carbonyl (C=O) groups excluding carboxylic acids is 4. The average Bonchev–Trinajstić information content (AvgIpc) is 3.38. The van der Waals surface area contributed by atoms with Crippen LogP contribution in [-0.2, 0) is 80.6 Å². The van der Waals surface area contributed by atoms with Gasteiger partial charge in [0.15, 0.2) is 0 Å². The Morgan fingerprint density at radius 1 is 0.571 bits per heavy atom. The molecule has 13 N–H and O–H groups in total. The topological polar surface area (TPSA) is 436 Å². The van der Waals surface area contributed by atoms with Gasteiger partial charge in [-0.25, -0.2) is 18.1 Å². The first-order valence-electron chi connectivity index (χ1n) is 21.3. The molecule has 0 aliphatic rings. The predicted molar refractivity (Wildman–Crippen MR) is 314 cm³/mol. The molecule has 0 unspecified atom stereocenters. The number of hydrogen-bond acceptors (Lipinski definition) is 30. The van der Waals surface area contributed by atoms with Gasteiger partial charge in [0.1, 0.15) is 18.1 Å². The van der Waals surface area contributed by atoms with Gasteiger partial charge in [0.25, 0.3) is 10.1 Å². The van der Waals surface area contributed by atoms with Crippen molar-refractivity contribution in [2.24, 2.45) is 11.5 Å². The molecule has 0 amide bonds. The van der Waals surface area contributed by atoms with E-state index >= 15 is 0 Å². The van der Waals surface area contributed by atoms with Gasteiger partial charge >= 0.3 is 41.8 Å². The number of carbonyl (C=O) groups is 7.